The SMILES string of the molecule is CCCN1C(=O)CC(C(=O)O)C1c1nccs1. The van der Waals surface area contributed by atoms with Gasteiger partial charge in [0.15, 0.2) is 0 Å². The maximum Gasteiger partial charge on any atom is 0.309 e. The number of thiazole rings is 1. The Morgan fingerprint density at radius 1 is 1.71 bits per heavy atom. The van der Waals surface area contributed by atoms with Crippen molar-refractivity contribution >= 4 is 23.2 Å². The quantitative estimate of drug-likeness (QED) is 0.884. The molecule has 1 aliphatic heterocycles. The summed E-state index contributed by atoms with van der Waals surface area (Å²) < 4.78 is 0. The maximum atomic E-state index is 11.8. The number of carbonyl (C=O) groups excluding carboxylic acids is 1. The highest BCUT2D eigenvalue weighted by Crippen LogP contribution is 2.39. The zero-order chi connectivity index (χ0) is 12.4. The van der Waals surface area contributed by atoms with E-state index in [1.165, 1.54) is 11.3 Å². The monoisotopic (exact) mass is 254 g/mol. The summed E-state index contributed by atoms with van der Waals surface area (Å²) >= 11 is 1.40. The van der Waals surface area contributed by atoms with E-state index in [0.29, 0.717) is 6.54 Å². The lowest BCUT2D eigenvalue weighted by atomic mass is 10.0. The number of amides is 1. The molecule has 92 valence electrons. The third kappa shape index (κ3) is 2.17. The first-order valence-corrected chi connectivity index (χ1v) is 6.44. The Kier molecular flexibility index (Phi) is 3.42. The summed E-state index contributed by atoms with van der Waals surface area (Å²) in [5.74, 6) is -1.67. The van der Waals surface area contributed by atoms with Crippen LogP contribution in [0.5, 0.6) is 0 Å². The van der Waals surface area contributed by atoms with E-state index in [0.717, 1.165) is 11.4 Å². The first-order chi connectivity index (χ1) is 8.15. The molecule has 2 unspecified atom stereocenters. The summed E-state index contributed by atoms with van der Waals surface area (Å²) in [7, 11) is 0. The summed E-state index contributed by atoms with van der Waals surface area (Å²) in [6.07, 6.45) is 2.55. The second kappa shape index (κ2) is 4.83. The zero-order valence-corrected chi connectivity index (χ0v) is 10.3. The molecular formula is C11H14N2O3S. The number of aromatic nitrogens is 1. The molecule has 1 aliphatic rings. The van der Waals surface area contributed by atoms with E-state index in [1.807, 2.05) is 6.92 Å². The molecule has 0 radical (unpaired) electrons. The van der Waals surface area contributed by atoms with E-state index in [-0.39, 0.29) is 18.4 Å². The normalized spacial score (nSPS) is 24.3. The second-order valence-electron chi connectivity index (χ2n) is 4.05. The lowest BCUT2D eigenvalue weighted by Gasteiger charge is -2.24. The second-order valence-corrected chi connectivity index (χ2v) is 4.98. The van der Waals surface area contributed by atoms with Crippen molar-refractivity contribution in [2.75, 3.05) is 6.54 Å². The number of likely N-dealkylation sites (tertiary alicyclic amines) is 1. The van der Waals surface area contributed by atoms with Gasteiger partial charge in [0.1, 0.15) is 5.01 Å². The Labute approximate surface area is 103 Å². The number of carboxylic acid groups (broad SMARTS) is 1. The lowest BCUT2D eigenvalue weighted by molar-refractivity contribution is -0.142. The third-order valence-electron chi connectivity index (χ3n) is 2.92. The molecule has 0 spiro atoms. The summed E-state index contributed by atoms with van der Waals surface area (Å²) in [5.41, 5.74) is 0. The van der Waals surface area contributed by atoms with E-state index in [4.69, 9.17) is 0 Å². The molecule has 0 aliphatic carbocycles. The van der Waals surface area contributed by atoms with Crippen LogP contribution < -0.4 is 0 Å². The molecule has 1 fully saturated rings. The Balaban J connectivity index is 2.32. The summed E-state index contributed by atoms with van der Waals surface area (Å²) in [5, 5.41) is 11.7. The van der Waals surface area contributed by atoms with E-state index in [1.54, 1.807) is 16.5 Å². The zero-order valence-electron chi connectivity index (χ0n) is 9.50. The van der Waals surface area contributed by atoms with Gasteiger partial charge in [-0.05, 0) is 6.42 Å². The predicted octanol–water partition coefficient (Wildman–Crippen LogP) is 1.53. The fourth-order valence-electron chi connectivity index (χ4n) is 2.20. The molecule has 1 aromatic rings. The van der Waals surface area contributed by atoms with Crippen molar-refractivity contribution in [1.29, 1.82) is 0 Å². The topological polar surface area (TPSA) is 70.5 Å². The van der Waals surface area contributed by atoms with Gasteiger partial charge in [-0.25, -0.2) is 4.98 Å². The predicted molar refractivity (Wildman–Crippen MR) is 62.6 cm³/mol. The number of carboxylic acids is 1. The van der Waals surface area contributed by atoms with Crippen molar-refractivity contribution < 1.29 is 14.7 Å². The molecule has 1 N–H and O–H groups in total. The maximum absolute atomic E-state index is 11.8. The Morgan fingerprint density at radius 2 is 2.47 bits per heavy atom. The first-order valence-electron chi connectivity index (χ1n) is 5.56. The van der Waals surface area contributed by atoms with Crippen LogP contribution in [0.1, 0.15) is 30.8 Å². The Hall–Kier alpha value is -1.43. The van der Waals surface area contributed by atoms with Crippen molar-refractivity contribution in [3.05, 3.63) is 16.6 Å². The van der Waals surface area contributed by atoms with E-state index < -0.39 is 11.9 Å². The molecular weight excluding hydrogens is 240 g/mol. The number of aliphatic carboxylic acids is 1. The minimum atomic E-state index is -0.919. The van der Waals surface area contributed by atoms with Crippen LogP contribution in [-0.2, 0) is 9.59 Å². The number of nitrogens with zero attached hydrogens (tertiary/aromatic N) is 2. The van der Waals surface area contributed by atoms with Crippen molar-refractivity contribution in [1.82, 2.24) is 9.88 Å². The standard InChI is InChI=1S/C11H14N2O3S/c1-2-4-13-8(14)6-7(11(15)16)9(13)10-12-3-5-17-10/h3,5,7,9H,2,4,6H2,1H3,(H,15,16). The van der Waals surface area contributed by atoms with Gasteiger partial charge in [-0.15, -0.1) is 11.3 Å². The van der Waals surface area contributed by atoms with Gasteiger partial charge in [0, 0.05) is 24.5 Å². The number of rotatable bonds is 4. The van der Waals surface area contributed by atoms with Gasteiger partial charge < -0.3 is 10.0 Å². The van der Waals surface area contributed by atoms with Crippen molar-refractivity contribution in [2.24, 2.45) is 5.92 Å². The molecule has 2 heterocycles. The summed E-state index contributed by atoms with van der Waals surface area (Å²) in [6, 6.07) is -0.389. The molecule has 0 saturated carbocycles. The van der Waals surface area contributed by atoms with Crippen LogP contribution in [0.2, 0.25) is 0 Å². The van der Waals surface area contributed by atoms with Gasteiger partial charge in [0.05, 0.1) is 12.0 Å². The highest BCUT2D eigenvalue weighted by Gasteiger charge is 2.45. The van der Waals surface area contributed by atoms with Crippen molar-refractivity contribution in [3.63, 3.8) is 0 Å². The van der Waals surface area contributed by atoms with Gasteiger partial charge >= 0.3 is 5.97 Å². The first kappa shape index (κ1) is 12.0. The molecule has 1 saturated heterocycles. The van der Waals surface area contributed by atoms with Crippen LogP contribution in [0.25, 0.3) is 0 Å². The van der Waals surface area contributed by atoms with Crippen LogP contribution >= 0.6 is 11.3 Å². The summed E-state index contributed by atoms with van der Waals surface area (Å²) in [6.45, 7) is 2.56. The van der Waals surface area contributed by atoms with E-state index in [2.05, 4.69) is 4.98 Å². The van der Waals surface area contributed by atoms with Gasteiger partial charge in [0.25, 0.3) is 0 Å². The molecule has 5 nitrogen and oxygen atoms in total. The molecule has 0 aromatic carbocycles. The van der Waals surface area contributed by atoms with E-state index in [9.17, 15) is 14.7 Å². The average Bonchev–Trinajstić information content (AvgIpc) is 2.87. The van der Waals surface area contributed by atoms with Crippen LogP contribution in [0.4, 0.5) is 0 Å². The summed E-state index contributed by atoms with van der Waals surface area (Å²) in [4.78, 5) is 28.8. The van der Waals surface area contributed by atoms with Gasteiger partial charge in [-0.2, -0.15) is 0 Å². The number of hydrogen-bond acceptors (Lipinski definition) is 4. The molecule has 0 bridgehead atoms. The highest BCUT2D eigenvalue weighted by atomic mass is 32.1. The van der Waals surface area contributed by atoms with Crippen LogP contribution in [0, 0.1) is 5.92 Å². The minimum absolute atomic E-state index is 0.0829. The average molecular weight is 254 g/mol. The fourth-order valence-corrected chi connectivity index (χ4v) is 3.02. The molecule has 17 heavy (non-hydrogen) atoms. The van der Waals surface area contributed by atoms with Crippen LogP contribution in [-0.4, -0.2) is 33.4 Å². The van der Waals surface area contributed by atoms with Crippen LogP contribution in [0.3, 0.4) is 0 Å². The molecule has 1 amide bonds. The molecule has 2 rings (SSSR count). The van der Waals surface area contributed by atoms with Crippen LogP contribution in [0.15, 0.2) is 11.6 Å². The lowest BCUT2D eigenvalue weighted by Crippen LogP contribution is -2.31. The smallest absolute Gasteiger partial charge is 0.309 e. The van der Waals surface area contributed by atoms with Gasteiger partial charge in [-0.3, -0.25) is 9.59 Å². The van der Waals surface area contributed by atoms with Gasteiger partial charge in [0.2, 0.25) is 5.91 Å². The molecule has 2 atom stereocenters. The van der Waals surface area contributed by atoms with Gasteiger partial charge in [-0.1, -0.05) is 6.92 Å². The largest absolute Gasteiger partial charge is 0.481 e. The molecule has 6 heteroatoms. The third-order valence-corrected chi connectivity index (χ3v) is 3.76. The minimum Gasteiger partial charge on any atom is -0.481 e. The Bertz CT molecular complexity index is 418. The van der Waals surface area contributed by atoms with E-state index >= 15 is 0 Å². The fraction of sp³-hybridized carbons (Fsp3) is 0.545. The number of hydrogen-bond donors (Lipinski definition) is 1. The molecule has 1 aromatic heterocycles. The Morgan fingerprint density at radius 3 is 3.00 bits per heavy atom. The van der Waals surface area contributed by atoms with Crippen molar-refractivity contribution in [2.45, 2.75) is 25.8 Å². The number of carbonyl (C=O) groups is 2. The van der Waals surface area contributed by atoms with Crippen molar-refractivity contribution in [3.8, 4) is 0 Å². The highest BCUT2D eigenvalue weighted by molar-refractivity contribution is 7.09.